The minimum absolute atomic E-state index is 0.812. The molecule has 0 spiro atoms. The monoisotopic (exact) mass is 326 g/mol. The number of nitrogens with zero attached hydrogens (tertiary/aromatic N) is 1. The van der Waals surface area contributed by atoms with Crippen LogP contribution in [0.15, 0.2) is 28.7 Å². The highest BCUT2D eigenvalue weighted by molar-refractivity contribution is 9.10. The molecule has 19 heavy (non-hydrogen) atoms. The van der Waals surface area contributed by atoms with Crippen molar-refractivity contribution in [3.8, 4) is 0 Å². The van der Waals surface area contributed by atoms with Crippen molar-refractivity contribution < 1.29 is 4.74 Å². The van der Waals surface area contributed by atoms with Crippen LogP contribution >= 0.6 is 15.9 Å². The molecule has 0 bridgehead atoms. The molecule has 2 rings (SSSR count). The Morgan fingerprint density at radius 1 is 1.26 bits per heavy atom. The molecule has 1 N–H and O–H groups in total. The Morgan fingerprint density at radius 3 is 2.63 bits per heavy atom. The maximum Gasteiger partial charge on any atom is 0.0469 e. The van der Waals surface area contributed by atoms with Crippen molar-refractivity contribution in [3.05, 3.63) is 28.7 Å². The smallest absolute Gasteiger partial charge is 0.0469 e. The third-order valence-corrected chi connectivity index (χ3v) is 4.11. The van der Waals surface area contributed by atoms with E-state index in [0.29, 0.717) is 0 Å². The molecular weight excluding hydrogens is 304 g/mol. The third kappa shape index (κ3) is 5.51. The van der Waals surface area contributed by atoms with Crippen LogP contribution in [0.4, 0.5) is 5.69 Å². The van der Waals surface area contributed by atoms with E-state index in [2.05, 4.69) is 57.5 Å². The molecule has 4 heteroatoms. The Hall–Kier alpha value is -0.580. The van der Waals surface area contributed by atoms with Gasteiger partial charge in [0.1, 0.15) is 0 Å². The van der Waals surface area contributed by atoms with E-state index in [4.69, 9.17) is 4.74 Å². The van der Waals surface area contributed by atoms with Crippen molar-refractivity contribution in [1.29, 1.82) is 0 Å². The summed E-state index contributed by atoms with van der Waals surface area (Å²) in [4.78, 5) is 2.42. The SMILES string of the molecule is CN(CCNc1ccc(Br)cc1)CC1CCOCC1. The molecule has 0 aromatic heterocycles. The van der Waals surface area contributed by atoms with Gasteiger partial charge in [0.25, 0.3) is 0 Å². The lowest BCUT2D eigenvalue weighted by atomic mass is 10.00. The highest BCUT2D eigenvalue weighted by Crippen LogP contribution is 2.16. The molecular formula is C15H23BrN2O. The molecule has 1 aliphatic rings. The van der Waals surface area contributed by atoms with Crippen LogP contribution in [-0.4, -0.2) is 44.8 Å². The Kier molecular flexibility index (Phi) is 6.14. The lowest BCUT2D eigenvalue weighted by Gasteiger charge is -2.27. The number of ether oxygens (including phenoxy) is 1. The maximum absolute atomic E-state index is 5.40. The minimum atomic E-state index is 0.812. The Morgan fingerprint density at radius 2 is 1.95 bits per heavy atom. The number of rotatable bonds is 6. The van der Waals surface area contributed by atoms with E-state index in [0.717, 1.165) is 36.7 Å². The molecule has 1 saturated heterocycles. The summed E-state index contributed by atoms with van der Waals surface area (Å²) in [5.74, 6) is 0.812. The van der Waals surface area contributed by atoms with Gasteiger partial charge in [-0.2, -0.15) is 0 Å². The molecule has 106 valence electrons. The number of hydrogen-bond donors (Lipinski definition) is 1. The molecule has 1 aromatic carbocycles. The summed E-state index contributed by atoms with van der Waals surface area (Å²) >= 11 is 3.45. The average molecular weight is 327 g/mol. The molecule has 0 aliphatic carbocycles. The quantitative estimate of drug-likeness (QED) is 0.868. The van der Waals surface area contributed by atoms with Gasteiger partial charge in [0, 0.05) is 43.0 Å². The van der Waals surface area contributed by atoms with Gasteiger partial charge in [0.15, 0.2) is 0 Å². The lowest BCUT2D eigenvalue weighted by Crippen LogP contribution is -2.32. The number of hydrogen-bond acceptors (Lipinski definition) is 3. The number of halogens is 1. The highest BCUT2D eigenvalue weighted by atomic mass is 79.9. The standard InChI is InChI=1S/C15H23BrN2O/c1-18(12-13-6-10-19-11-7-13)9-8-17-15-4-2-14(16)3-5-15/h2-5,13,17H,6-12H2,1H3. The zero-order valence-corrected chi connectivity index (χ0v) is 13.2. The summed E-state index contributed by atoms with van der Waals surface area (Å²) in [5.41, 5.74) is 1.18. The van der Waals surface area contributed by atoms with E-state index < -0.39 is 0 Å². The van der Waals surface area contributed by atoms with Gasteiger partial charge in [-0.15, -0.1) is 0 Å². The Balaban J connectivity index is 1.63. The largest absolute Gasteiger partial charge is 0.384 e. The Bertz CT molecular complexity index is 363. The van der Waals surface area contributed by atoms with Crippen molar-refractivity contribution >= 4 is 21.6 Å². The highest BCUT2D eigenvalue weighted by Gasteiger charge is 2.15. The van der Waals surface area contributed by atoms with Crippen LogP contribution in [0.1, 0.15) is 12.8 Å². The molecule has 0 radical (unpaired) electrons. The average Bonchev–Trinajstić information content (AvgIpc) is 2.42. The number of likely N-dealkylation sites (N-methyl/N-ethyl adjacent to an activating group) is 1. The summed E-state index contributed by atoms with van der Waals surface area (Å²) in [6.45, 7) is 5.13. The van der Waals surface area contributed by atoms with Crippen LogP contribution in [0.5, 0.6) is 0 Å². The second-order valence-electron chi connectivity index (χ2n) is 5.25. The molecule has 0 atom stereocenters. The first-order chi connectivity index (χ1) is 9.24. The predicted molar refractivity (Wildman–Crippen MR) is 83.7 cm³/mol. The van der Waals surface area contributed by atoms with Crippen LogP contribution in [0.3, 0.4) is 0 Å². The predicted octanol–water partition coefficient (Wildman–Crippen LogP) is 3.22. The topological polar surface area (TPSA) is 24.5 Å². The second-order valence-corrected chi connectivity index (χ2v) is 6.17. The summed E-state index contributed by atoms with van der Waals surface area (Å²) < 4.78 is 6.52. The van der Waals surface area contributed by atoms with Crippen LogP contribution < -0.4 is 5.32 Å². The summed E-state index contributed by atoms with van der Waals surface area (Å²) in [5, 5.41) is 3.45. The number of nitrogens with one attached hydrogen (secondary N) is 1. The van der Waals surface area contributed by atoms with Gasteiger partial charge >= 0.3 is 0 Å². The van der Waals surface area contributed by atoms with Gasteiger partial charge in [-0.3, -0.25) is 0 Å². The molecule has 1 aliphatic heterocycles. The zero-order chi connectivity index (χ0) is 13.5. The minimum Gasteiger partial charge on any atom is -0.384 e. The Labute approximate surface area is 124 Å². The van der Waals surface area contributed by atoms with E-state index in [1.165, 1.54) is 25.1 Å². The number of anilines is 1. The van der Waals surface area contributed by atoms with Crippen molar-refractivity contribution in [3.63, 3.8) is 0 Å². The van der Waals surface area contributed by atoms with Crippen molar-refractivity contribution in [2.24, 2.45) is 5.92 Å². The van der Waals surface area contributed by atoms with Crippen molar-refractivity contribution in [2.45, 2.75) is 12.8 Å². The van der Waals surface area contributed by atoms with Gasteiger partial charge < -0.3 is 15.0 Å². The van der Waals surface area contributed by atoms with Gasteiger partial charge in [-0.1, -0.05) is 15.9 Å². The fourth-order valence-corrected chi connectivity index (χ4v) is 2.68. The summed E-state index contributed by atoms with van der Waals surface area (Å²) in [7, 11) is 2.21. The number of benzene rings is 1. The summed E-state index contributed by atoms with van der Waals surface area (Å²) in [6.07, 6.45) is 2.43. The second kappa shape index (κ2) is 7.88. The lowest BCUT2D eigenvalue weighted by molar-refractivity contribution is 0.0562. The fraction of sp³-hybridized carbons (Fsp3) is 0.600. The molecule has 1 fully saturated rings. The fourth-order valence-electron chi connectivity index (χ4n) is 2.42. The molecule has 3 nitrogen and oxygen atoms in total. The van der Waals surface area contributed by atoms with E-state index in [-0.39, 0.29) is 0 Å². The molecule has 0 amide bonds. The van der Waals surface area contributed by atoms with Gasteiger partial charge in [0.05, 0.1) is 0 Å². The van der Waals surface area contributed by atoms with Crippen LogP contribution in [0, 0.1) is 5.92 Å². The van der Waals surface area contributed by atoms with E-state index in [1.807, 2.05) is 0 Å². The maximum atomic E-state index is 5.40. The van der Waals surface area contributed by atoms with Crippen molar-refractivity contribution in [1.82, 2.24) is 4.90 Å². The van der Waals surface area contributed by atoms with Gasteiger partial charge in [0.2, 0.25) is 0 Å². The first-order valence-electron chi connectivity index (χ1n) is 7.00. The summed E-state index contributed by atoms with van der Waals surface area (Å²) in [6, 6.07) is 8.33. The van der Waals surface area contributed by atoms with E-state index in [9.17, 15) is 0 Å². The normalized spacial score (nSPS) is 16.8. The third-order valence-electron chi connectivity index (χ3n) is 3.58. The van der Waals surface area contributed by atoms with Crippen LogP contribution in [-0.2, 0) is 4.74 Å². The first-order valence-corrected chi connectivity index (χ1v) is 7.79. The molecule has 0 unspecified atom stereocenters. The molecule has 0 saturated carbocycles. The zero-order valence-electron chi connectivity index (χ0n) is 11.6. The van der Waals surface area contributed by atoms with Crippen LogP contribution in [0.25, 0.3) is 0 Å². The van der Waals surface area contributed by atoms with E-state index >= 15 is 0 Å². The van der Waals surface area contributed by atoms with Crippen molar-refractivity contribution in [2.75, 3.05) is 45.2 Å². The molecule has 1 aromatic rings. The molecule has 1 heterocycles. The van der Waals surface area contributed by atoms with Gasteiger partial charge in [-0.25, -0.2) is 0 Å². The van der Waals surface area contributed by atoms with Crippen LogP contribution in [0.2, 0.25) is 0 Å². The first kappa shape index (κ1) is 14.8. The van der Waals surface area contributed by atoms with E-state index in [1.54, 1.807) is 0 Å². The van der Waals surface area contributed by atoms with Gasteiger partial charge in [-0.05, 0) is 50.1 Å².